The number of ketones is 1. The smallest absolute Gasteiger partial charge is 0.174 e. The monoisotopic (exact) mass is 394 g/mol. The summed E-state index contributed by atoms with van der Waals surface area (Å²) in [4.78, 5) is 12.7. The zero-order valence-electron chi connectivity index (χ0n) is 15.2. The topological polar surface area (TPSA) is 127 Å². The third-order valence-corrected chi connectivity index (χ3v) is 5.00. The standard InChI is InChI=1S/C22H18O7/c23-14-4-2-1-3-11(14)7-13-16(25)9-20-21(22(13)28)18(27)10-19(29-20)12-5-6-15(24)17(26)8-12/h1-6,8-9,19,23-26,28H,7,10H2/t19-/m0/s1. The molecule has 1 heterocycles. The van der Waals surface area contributed by atoms with Crippen LogP contribution in [-0.4, -0.2) is 31.3 Å². The second-order valence-corrected chi connectivity index (χ2v) is 6.88. The molecule has 5 N–H and O–H groups in total. The summed E-state index contributed by atoms with van der Waals surface area (Å²) < 4.78 is 5.79. The maximum Gasteiger partial charge on any atom is 0.174 e. The number of carbonyl (C=O) groups excluding carboxylic acids is 1. The van der Waals surface area contributed by atoms with Crippen molar-refractivity contribution in [1.82, 2.24) is 0 Å². The van der Waals surface area contributed by atoms with Crippen LogP contribution in [-0.2, 0) is 6.42 Å². The third kappa shape index (κ3) is 3.27. The minimum absolute atomic E-state index is 0.0128. The van der Waals surface area contributed by atoms with Crippen molar-refractivity contribution in [2.24, 2.45) is 0 Å². The molecule has 0 aliphatic carbocycles. The van der Waals surface area contributed by atoms with Gasteiger partial charge in [-0.2, -0.15) is 0 Å². The van der Waals surface area contributed by atoms with E-state index in [9.17, 15) is 30.3 Å². The molecular weight excluding hydrogens is 376 g/mol. The Labute approximate surface area is 165 Å². The number of ether oxygens (including phenoxy) is 1. The SMILES string of the molecule is O=C1C[C@@H](c2ccc(O)c(O)c2)Oc2cc(O)c(Cc3ccccc3O)c(O)c21. The number of benzene rings is 3. The zero-order valence-corrected chi connectivity index (χ0v) is 15.2. The Bertz CT molecular complexity index is 1120. The van der Waals surface area contributed by atoms with Crippen molar-refractivity contribution in [1.29, 1.82) is 0 Å². The van der Waals surface area contributed by atoms with Crippen molar-refractivity contribution in [3.8, 4) is 34.5 Å². The van der Waals surface area contributed by atoms with Crippen LogP contribution in [0.3, 0.4) is 0 Å². The lowest BCUT2D eigenvalue weighted by atomic mass is 9.91. The van der Waals surface area contributed by atoms with Crippen LogP contribution in [0, 0.1) is 0 Å². The number of hydrogen-bond donors (Lipinski definition) is 5. The summed E-state index contributed by atoms with van der Waals surface area (Å²) in [5, 5.41) is 50.2. The van der Waals surface area contributed by atoms with Gasteiger partial charge < -0.3 is 30.3 Å². The quantitative estimate of drug-likeness (QED) is 0.430. The summed E-state index contributed by atoms with van der Waals surface area (Å²) in [6, 6.07) is 11.9. The molecule has 0 amide bonds. The number of Topliss-reactive ketones (excluding diaryl/α,β-unsaturated/α-hetero) is 1. The highest BCUT2D eigenvalue weighted by Crippen LogP contribution is 2.46. The minimum atomic E-state index is -0.746. The Morgan fingerprint density at radius 1 is 0.862 bits per heavy atom. The van der Waals surface area contributed by atoms with E-state index in [2.05, 4.69) is 0 Å². The first kappa shape index (κ1) is 18.5. The Kier molecular flexibility index (Phi) is 4.43. The average molecular weight is 394 g/mol. The molecule has 3 aromatic rings. The van der Waals surface area contributed by atoms with E-state index in [1.165, 1.54) is 30.3 Å². The van der Waals surface area contributed by atoms with Gasteiger partial charge in [0.2, 0.25) is 0 Å². The summed E-state index contributed by atoms with van der Waals surface area (Å²) in [5.74, 6) is -1.64. The van der Waals surface area contributed by atoms with Crippen molar-refractivity contribution >= 4 is 5.78 Å². The molecule has 0 unspecified atom stereocenters. The van der Waals surface area contributed by atoms with Crippen molar-refractivity contribution in [3.63, 3.8) is 0 Å². The number of para-hydroxylation sites is 1. The van der Waals surface area contributed by atoms with E-state index >= 15 is 0 Å². The fourth-order valence-corrected chi connectivity index (χ4v) is 3.45. The second kappa shape index (κ2) is 6.94. The highest BCUT2D eigenvalue weighted by molar-refractivity contribution is 6.03. The lowest BCUT2D eigenvalue weighted by Crippen LogP contribution is -2.21. The average Bonchev–Trinajstić information content (AvgIpc) is 2.68. The number of rotatable bonds is 3. The van der Waals surface area contributed by atoms with Crippen LogP contribution < -0.4 is 4.74 Å². The summed E-state index contributed by atoms with van der Waals surface area (Å²) in [7, 11) is 0. The molecule has 1 aliphatic rings. The molecule has 0 radical (unpaired) electrons. The van der Waals surface area contributed by atoms with E-state index in [0.717, 1.165) is 0 Å². The van der Waals surface area contributed by atoms with Crippen molar-refractivity contribution < 1.29 is 35.1 Å². The highest BCUT2D eigenvalue weighted by atomic mass is 16.5. The van der Waals surface area contributed by atoms with Gasteiger partial charge in [0.15, 0.2) is 17.3 Å². The van der Waals surface area contributed by atoms with E-state index < -0.39 is 6.10 Å². The number of fused-ring (bicyclic) bond motifs is 1. The summed E-state index contributed by atoms with van der Waals surface area (Å²) in [6.07, 6.45) is -0.810. The van der Waals surface area contributed by atoms with Gasteiger partial charge in [0, 0.05) is 18.1 Å². The number of phenolic OH excluding ortho intramolecular Hbond substituents is 5. The molecule has 0 spiro atoms. The van der Waals surface area contributed by atoms with Crippen molar-refractivity contribution in [2.75, 3.05) is 0 Å². The normalized spacial score (nSPS) is 15.6. The first-order valence-electron chi connectivity index (χ1n) is 8.91. The summed E-state index contributed by atoms with van der Waals surface area (Å²) >= 11 is 0. The Morgan fingerprint density at radius 2 is 1.62 bits per heavy atom. The zero-order chi connectivity index (χ0) is 20.7. The third-order valence-electron chi connectivity index (χ3n) is 5.00. The fourth-order valence-electron chi connectivity index (χ4n) is 3.45. The molecule has 29 heavy (non-hydrogen) atoms. The Balaban J connectivity index is 1.71. The van der Waals surface area contributed by atoms with Gasteiger partial charge >= 0.3 is 0 Å². The number of hydrogen-bond acceptors (Lipinski definition) is 7. The summed E-state index contributed by atoms with van der Waals surface area (Å²) in [5.41, 5.74) is 1.03. The Morgan fingerprint density at radius 3 is 2.34 bits per heavy atom. The van der Waals surface area contributed by atoms with E-state index in [1.54, 1.807) is 18.2 Å². The minimum Gasteiger partial charge on any atom is -0.508 e. The second-order valence-electron chi connectivity index (χ2n) is 6.88. The van der Waals surface area contributed by atoms with E-state index in [4.69, 9.17) is 4.74 Å². The van der Waals surface area contributed by atoms with Gasteiger partial charge in [0.25, 0.3) is 0 Å². The van der Waals surface area contributed by atoms with Gasteiger partial charge in [0.1, 0.15) is 34.7 Å². The van der Waals surface area contributed by atoms with Gasteiger partial charge in [-0.25, -0.2) is 0 Å². The molecule has 1 atom stereocenters. The van der Waals surface area contributed by atoms with E-state index in [-0.39, 0.29) is 64.2 Å². The molecule has 7 heteroatoms. The summed E-state index contributed by atoms with van der Waals surface area (Å²) in [6.45, 7) is 0. The van der Waals surface area contributed by atoms with Crippen LogP contribution in [0.4, 0.5) is 0 Å². The highest BCUT2D eigenvalue weighted by Gasteiger charge is 2.33. The molecule has 148 valence electrons. The fraction of sp³-hybridized carbons (Fsp3) is 0.136. The predicted molar refractivity (Wildman–Crippen MR) is 103 cm³/mol. The molecule has 0 aromatic heterocycles. The number of aromatic hydroxyl groups is 5. The van der Waals surface area contributed by atoms with Crippen LogP contribution in [0.25, 0.3) is 0 Å². The maximum absolute atomic E-state index is 12.7. The van der Waals surface area contributed by atoms with Gasteiger partial charge in [-0.05, 0) is 29.3 Å². The molecule has 0 saturated carbocycles. The van der Waals surface area contributed by atoms with Gasteiger partial charge in [-0.15, -0.1) is 0 Å². The number of phenols is 5. The first-order valence-corrected chi connectivity index (χ1v) is 8.91. The lowest BCUT2D eigenvalue weighted by Gasteiger charge is -2.27. The van der Waals surface area contributed by atoms with E-state index in [1.807, 2.05) is 0 Å². The largest absolute Gasteiger partial charge is 0.508 e. The van der Waals surface area contributed by atoms with Gasteiger partial charge in [0.05, 0.1) is 6.42 Å². The van der Waals surface area contributed by atoms with Crippen LogP contribution >= 0.6 is 0 Å². The predicted octanol–water partition coefficient (Wildman–Crippen LogP) is 3.51. The lowest BCUT2D eigenvalue weighted by molar-refractivity contribution is 0.0844. The van der Waals surface area contributed by atoms with Crippen LogP contribution in [0.5, 0.6) is 34.5 Å². The first-order chi connectivity index (χ1) is 13.8. The molecule has 7 nitrogen and oxygen atoms in total. The maximum atomic E-state index is 12.7. The molecule has 0 bridgehead atoms. The van der Waals surface area contributed by atoms with Crippen LogP contribution in [0.15, 0.2) is 48.5 Å². The molecular formula is C22H18O7. The van der Waals surface area contributed by atoms with Gasteiger partial charge in [-0.1, -0.05) is 24.3 Å². The van der Waals surface area contributed by atoms with E-state index in [0.29, 0.717) is 11.1 Å². The van der Waals surface area contributed by atoms with Gasteiger partial charge in [-0.3, -0.25) is 4.79 Å². The van der Waals surface area contributed by atoms with Crippen molar-refractivity contribution in [3.05, 3.63) is 70.8 Å². The molecule has 1 aliphatic heterocycles. The Hall–Kier alpha value is -3.87. The van der Waals surface area contributed by atoms with Crippen LogP contribution in [0.1, 0.15) is 39.6 Å². The molecule has 4 rings (SSSR count). The number of carbonyl (C=O) groups is 1. The molecule has 0 fully saturated rings. The molecule has 3 aromatic carbocycles. The van der Waals surface area contributed by atoms with Crippen LogP contribution in [0.2, 0.25) is 0 Å². The van der Waals surface area contributed by atoms with Crippen molar-refractivity contribution in [2.45, 2.75) is 18.9 Å². The molecule has 0 saturated heterocycles.